The number of hydrogen-bond donors (Lipinski definition) is 3. The molecule has 0 aliphatic carbocycles. The Labute approximate surface area is 89.0 Å². The van der Waals surface area contributed by atoms with Crippen LogP contribution in [0.5, 0.6) is 0 Å². The van der Waals surface area contributed by atoms with Gasteiger partial charge in [0.2, 0.25) is 12.0 Å². The van der Waals surface area contributed by atoms with Crippen LogP contribution in [-0.4, -0.2) is 35.8 Å². The van der Waals surface area contributed by atoms with Crippen molar-refractivity contribution in [2.45, 2.75) is 0 Å². The van der Waals surface area contributed by atoms with Crippen LogP contribution < -0.4 is 10.6 Å². The summed E-state index contributed by atoms with van der Waals surface area (Å²) >= 11 is 0. The van der Waals surface area contributed by atoms with E-state index >= 15 is 0 Å². The molecule has 0 spiro atoms. The van der Waals surface area contributed by atoms with Crippen LogP contribution >= 0.6 is 7.60 Å². The summed E-state index contributed by atoms with van der Waals surface area (Å²) in [7, 11) is -4.24. The molecular formula is C6H8N5O4P. The monoisotopic (exact) mass is 245 g/mol. The molecule has 0 atom stereocenters. The van der Waals surface area contributed by atoms with Crippen LogP contribution in [0.4, 0.5) is 5.82 Å². The summed E-state index contributed by atoms with van der Waals surface area (Å²) in [6, 6.07) is 0. The van der Waals surface area contributed by atoms with Gasteiger partial charge in [-0.15, -0.1) is 0 Å². The maximum atomic E-state index is 10.6. The normalized spacial score (nSPS) is 11.9. The molecule has 10 heteroatoms. The first-order valence-electron chi connectivity index (χ1n) is 4.09. The van der Waals surface area contributed by atoms with Crippen molar-refractivity contribution in [3.63, 3.8) is 0 Å². The summed E-state index contributed by atoms with van der Waals surface area (Å²) in [5.41, 5.74) is 6.08. The molecule has 0 saturated carbocycles. The van der Waals surface area contributed by atoms with Crippen molar-refractivity contribution < 1.29 is 19.2 Å². The highest BCUT2D eigenvalue weighted by molar-refractivity contribution is 7.51. The molecule has 2 rings (SSSR count). The lowest BCUT2D eigenvalue weighted by Gasteiger charge is -2.07. The van der Waals surface area contributed by atoms with E-state index in [9.17, 15) is 4.57 Å². The van der Waals surface area contributed by atoms with E-state index in [4.69, 9.17) is 20.4 Å². The average Bonchev–Trinajstić information content (AvgIpc) is 2.58. The summed E-state index contributed by atoms with van der Waals surface area (Å²) in [4.78, 5) is 33.5. The number of nitrogen functional groups attached to an aromatic ring is 1. The van der Waals surface area contributed by atoms with Crippen molar-refractivity contribution in [3.05, 3.63) is 12.7 Å². The molecule has 0 radical (unpaired) electrons. The highest BCUT2D eigenvalue weighted by Gasteiger charge is 2.16. The summed E-state index contributed by atoms with van der Waals surface area (Å²) in [5.74, 6) is 0.170. The van der Waals surface area contributed by atoms with E-state index in [-0.39, 0.29) is 11.5 Å². The number of nitrogens with two attached hydrogens (primary N) is 1. The van der Waals surface area contributed by atoms with Crippen LogP contribution in [0, 0.1) is 0 Å². The van der Waals surface area contributed by atoms with Gasteiger partial charge >= 0.3 is 7.60 Å². The largest absolute Gasteiger partial charge is 0.398 e. The second-order valence-electron chi connectivity index (χ2n) is 2.92. The van der Waals surface area contributed by atoms with Gasteiger partial charge in [-0.05, 0) is 0 Å². The lowest BCUT2D eigenvalue weighted by Crippen LogP contribution is -2.12. The van der Waals surface area contributed by atoms with Crippen LogP contribution in [0.2, 0.25) is 0 Å². The van der Waals surface area contributed by atoms with Crippen molar-refractivity contribution >= 4 is 24.6 Å². The zero-order chi connectivity index (χ0) is 11.8. The zero-order valence-electron chi connectivity index (χ0n) is 7.89. The number of rotatable bonds is 3. The number of anilines is 1. The third-order valence-corrected chi connectivity index (χ3v) is 2.15. The highest BCUT2D eigenvalue weighted by Crippen LogP contribution is 2.32. The predicted molar refractivity (Wildman–Crippen MR) is 53.2 cm³/mol. The molecule has 16 heavy (non-hydrogen) atoms. The van der Waals surface area contributed by atoms with E-state index in [1.54, 1.807) is 0 Å². The molecule has 0 amide bonds. The standard InChI is InChI=1S/C6H8N5O4P/c7-5-4-6(9-1-8-5)11(2-10-4)15-3-16(12,13)14/h1-2H,3H2,(H2,7,8,9)(H2,12,13,14). The van der Waals surface area contributed by atoms with E-state index < -0.39 is 13.9 Å². The first-order chi connectivity index (χ1) is 7.47. The van der Waals surface area contributed by atoms with Gasteiger partial charge in [-0.25, -0.2) is 15.0 Å². The Bertz CT molecular complexity index is 563. The molecule has 2 aromatic rings. The van der Waals surface area contributed by atoms with Gasteiger partial charge in [-0.3, -0.25) is 4.57 Å². The fourth-order valence-electron chi connectivity index (χ4n) is 1.06. The fraction of sp³-hybridized carbons (Fsp3) is 0.167. The van der Waals surface area contributed by atoms with Crippen molar-refractivity contribution in [1.29, 1.82) is 0 Å². The quantitative estimate of drug-likeness (QED) is 0.584. The second kappa shape index (κ2) is 3.71. The molecule has 0 aliphatic heterocycles. The van der Waals surface area contributed by atoms with Crippen molar-refractivity contribution in [3.8, 4) is 0 Å². The number of nitrogens with zero attached hydrogens (tertiary/aromatic N) is 4. The first-order valence-corrected chi connectivity index (χ1v) is 5.88. The van der Waals surface area contributed by atoms with Gasteiger partial charge in [0, 0.05) is 0 Å². The molecule has 4 N–H and O–H groups in total. The first kappa shape index (κ1) is 10.8. The van der Waals surface area contributed by atoms with Gasteiger partial charge in [0.25, 0.3) is 0 Å². The minimum atomic E-state index is -4.24. The third-order valence-electron chi connectivity index (χ3n) is 1.70. The van der Waals surface area contributed by atoms with Gasteiger partial charge in [0.15, 0.2) is 11.3 Å². The van der Waals surface area contributed by atoms with Crippen LogP contribution in [0.1, 0.15) is 0 Å². The van der Waals surface area contributed by atoms with Crippen LogP contribution in [0.25, 0.3) is 11.2 Å². The number of imidazole rings is 1. The molecular weight excluding hydrogens is 237 g/mol. The van der Waals surface area contributed by atoms with E-state index in [2.05, 4.69) is 15.0 Å². The summed E-state index contributed by atoms with van der Waals surface area (Å²) < 4.78 is 11.6. The Balaban J connectivity index is 2.32. The zero-order valence-corrected chi connectivity index (χ0v) is 8.78. The SMILES string of the molecule is Nc1ncnc2c1ncn2OCP(=O)(O)O. The predicted octanol–water partition coefficient (Wildman–Crippen LogP) is -1.03. The van der Waals surface area contributed by atoms with E-state index in [1.165, 1.54) is 12.7 Å². The molecule has 2 aromatic heterocycles. The molecule has 0 aromatic carbocycles. The molecule has 0 saturated heterocycles. The van der Waals surface area contributed by atoms with Crippen molar-refractivity contribution in [2.75, 3.05) is 12.1 Å². The second-order valence-corrected chi connectivity index (χ2v) is 4.51. The molecule has 0 fully saturated rings. The maximum Gasteiger partial charge on any atom is 0.365 e. The van der Waals surface area contributed by atoms with Gasteiger partial charge in [-0.1, -0.05) is 0 Å². The van der Waals surface area contributed by atoms with E-state index in [0.717, 1.165) is 4.73 Å². The lowest BCUT2D eigenvalue weighted by atomic mass is 10.5. The third kappa shape index (κ3) is 2.11. The average molecular weight is 245 g/mol. The lowest BCUT2D eigenvalue weighted by molar-refractivity contribution is 0.140. The Morgan fingerprint density at radius 1 is 1.44 bits per heavy atom. The number of hydrogen-bond acceptors (Lipinski definition) is 6. The fourth-order valence-corrected chi connectivity index (χ4v) is 1.34. The number of aromatic nitrogens is 4. The Kier molecular flexibility index (Phi) is 2.50. The number of fused-ring (bicyclic) bond motifs is 1. The topological polar surface area (TPSA) is 136 Å². The van der Waals surface area contributed by atoms with Crippen molar-refractivity contribution in [2.24, 2.45) is 0 Å². The molecule has 2 heterocycles. The van der Waals surface area contributed by atoms with Gasteiger partial charge < -0.3 is 20.4 Å². The van der Waals surface area contributed by atoms with E-state index in [0.29, 0.717) is 5.52 Å². The van der Waals surface area contributed by atoms with Crippen molar-refractivity contribution in [1.82, 2.24) is 19.7 Å². The molecule has 0 unspecified atom stereocenters. The van der Waals surface area contributed by atoms with Crippen LogP contribution in [0.3, 0.4) is 0 Å². The maximum absolute atomic E-state index is 10.6. The van der Waals surface area contributed by atoms with E-state index in [1.807, 2.05) is 0 Å². The van der Waals surface area contributed by atoms with Gasteiger partial charge in [0.1, 0.15) is 12.7 Å². The molecule has 86 valence electrons. The Morgan fingerprint density at radius 3 is 2.88 bits per heavy atom. The van der Waals surface area contributed by atoms with Crippen LogP contribution in [-0.2, 0) is 4.57 Å². The molecule has 0 bridgehead atoms. The molecule has 9 nitrogen and oxygen atoms in total. The summed E-state index contributed by atoms with van der Waals surface area (Å²) in [5, 5.41) is 0. The summed E-state index contributed by atoms with van der Waals surface area (Å²) in [6.07, 6.45) is 1.66. The highest BCUT2D eigenvalue weighted by atomic mass is 31.2. The summed E-state index contributed by atoms with van der Waals surface area (Å²) in [6.45, 7) is 0. The smallest absolute Gasteiger partial charge is 0.365 e. The van der Waals surface area contributed by atoms with Gasteiger partial charge in [-0.2, -0.15) is 4.73 Å². The van der Waals surface area contributed by atoms with Gasteiger partial charge in [0.05, 0.1) is 0 Å². The minimum Gasteiger partial charge on any atom is -0.398 e. The Hall–Kier alpha value is -1.70. The molecule has 0 aliphatic rings. The minimum absolute atomic E-state index is 0.170. The van der Waals surface area contributed by atoms with Crippen LogP contribution in [0.15, 0.2) is 12.7 Å². The Morgan fingerprint density at radius 2 is 2.19 bits per heavy atom.